The molecule has 0 heterocycles. The first-order valence-electron chi connectivity index (χ1n) is 7.64. The van der Waals surface area contributed by atoms with Crippen LogP contribution in [0.15, 0.2) is 11.8 Å². The van der Waals surface area contributed by atoms with E-state index in [2.05, 4.69) is 32.3 Å². The van der Waals surface area contributed by atoms with Gasteiger partial charge in [0.25, 0.3) is 0 Å². The Balaban J connectivity index is 2.96. The Bertz CT molecular complexity index is 168. The van der Waals surface area contributed by atoms with Gasteiger partial charge in [-0.1, -0.05) is 70.3 Å². The van der Waals surface area contributed by atoms with E-state index in [1.165, 1.54) is 69.8 Å². The lowest BCUT2D eigenvalue weighted by atomic mass is 10.1. The molecule has 0 aliphatic rings. The third kappa shape index (κ3) is 15.5. The molecule has 0 aliphatic carbocycles. The van der Waals surface area contributed by atoms with Crippen LogP contribution in [-0.2, 0) is 0 Å². The van der Waals surface area contributed by atoms with Crippen LogP contribution in [0.25, 0.3) is 0 Å². The van der Waals surface area contributed by atoms with E-state index >= 15 is 0 Å². The van der Waals surface area contributed by atoms with Crippen LogP contribution in [0.5, 0.6) is 0 Å². The molecule has 0 fully saturated rings. The third-order valence-electron chi connectivity index (χ3n) is 3.07. The molecule has 0 aromatic rings. The maximum Gasteiger partial charge on any atom is 0.0141 e. The fraction of sp³-hybridized carbons (Fsp3) is 0.875. The van der Waals surface area contributed by atoms with Crippen molar-refractivity contribution in [3.05, 3.63) is 11.8 Å². The second-order valence-corrected chi connectivity index (χ2v) is 5.36. The number of allylic oxidation sites excluding steroid dienone is 1. The molecule has 1 nitrogen and oxygen atoms in total. The SMILES string of the molecule is CCCCCCCCCCCCNC=C(C)C. The lowest BCUT2D eigenvalue weighted by Gasteiger charge is -2.03. The molecular formula is C16H33N. The van der Waals surface area contributed by atoms with Gasteiger partial charge in [-0.2, -0.15) is 0 Å². The van der Waals surface area contributed by atoms with Gasteiger partial charge in [0.05, 0.1) is 0 Å². The molecule has 0 rings (SSSR count). The zero-order valence-corrected chi connectivity index (χ0v) is 12.4. The van der Waals surface area contributed by atoms with Gasteiger partial charge in [-0.15, -0.1) is 0 Å². The second kappa shape index (κ2) is 13.6. The van der Waals surface area contributed by atoms with Gasteiger partial charge in [0.15, 0.2) is 0 Å². The van der Waals surface area contributed by atoms with Gasteiger partial charge in [-0.05, 0) is 26.5 Å². The minimum atomic E-state index is 1.14. The molecule has 0 aromatic heterocycles. The van der Waals surface area contributed by atoms with Gasteiger partial charge < -0.3 is 5.32 Å². The Hall–Kier alpha value is -0.460. The number of hydrogen-bond donors (Lipinski definition) is 1. The summed E-state index contributed by atoms with van der Waals surface area (Å²) in [5, 5.41) is 3.35. The van der Waals surface area contributed by atoms with Gasteiger partial charge in [0, 0.05) is 6.54 Å². The van der Waals surface area contributed by atoms with Crippen LogP contribution >= 0.6 is 0 Å². The van der Waals surface area contributed by atoms with Crippen molar-refractivity contribution in [1.82, 2.24) is 5.32 Å². The standard InChI is InChI=1S/C16H33N/c1-4-5-6-7-8-9-10-11-12-13-14-17-15-16(2)3/h15,17H,4-14H2,1-3H3. The molecule has 0 saturated heterocycles. The molecule has 17 heavy (non-hydrogen) atoms. The van der Waals surface area contributed by atoms with Gasteiger partial charge in [-0.25, -0.2) is 0 Å². The highest BCUT2D eigenvalue weighted by atomic mass is 14.8. The van der Waals surface area contributed by atoms with Crippen molar-refractivity contribution in [3.63, 3.8) is 0 Å². The van der Waals surface area contributed by atoms with Crippen LogP contribution < -0.4 is 5.32 Å². The molecule has 0 radical (unpaired) electrons. The van der Waals surface area contributed by atoms with Crippen molar-refractivity contribution in [2.24, 2.45) is 0 Å². The molecule has 1 heteroatoms. The summed E-state index contributed by atoms with van der Waals surface area (Å²) in [6, 6.07) is 0. The zero-order chi connectivity index (χ0) is 12.8. The molecule has 102 valence electrons. The topological polar surface area (TPSA) is 12.0 Å². The van der Waals surface area contributed by atoms with Crippen molar-refractivity contribution in [2.75, 3.05) is 6.54 Å². The molecule has 0 aliphatic heterocycles. The zero-order valence-electron chi connectivity index (χ0n) is 12.4. The van der Waals surface area contributed by atoms with Crippen LogP contribution in [0, 0.1) is 0 Å². The average Bonchev–Trinajstić information content (AvgIpc) is 2.30. The summed E-state index contributed by atoms with van der Waals surface area (Å²) in [5.41, 5.74) is 1.36. The normalized spacial score (nSPS) is 10.3. The molecule has 0 unspecified atom stereocenters. The lowest BCUT2D eigenvalue weighted by Crippen LogP contribution is -2.07. The first-order valence-corrected chi connectivity index (χ1v) is 7.64. The fourth-order valence-electron chi connectivity index (χ4n) is 1.99. The van der Waals surface area contributed by atoms with Crippen LogP contribution in [0.3, 0.4) is 0 Å². The van der Waals surface area contributed by atoms with Crippen LogP contribution in [0.4, 0.5) is 0 Å². The summed E-state index contributed by atoms with van der Waals surface area (Å²) < 4.78 is 0. The minimum absolute atomic E-state index is 1.14. The highest BCUT2D eigenvalue weighted by molar-refractivity contribution is 4.90. The smallest absolute Gasteiger partial charge is 0.0141 e. The molecule has 0 aromatic carbocycles. The Kier molecular flexibility index (Phi) is 13.2. The fourth-order valence-corrected chi connectivity index (χ4v) is 1.99. The highest BCUT2D eigenvalue weighted by Crippen LogP contribution is 2.10. The summed E-state index contributed by atoms with van der Waals surface area (Å²) in [5.74, 6) is 0. The van der Waals surface area contributed by atoms with Gasteiger partial charge in [0.2, 0.25) is 0 Å². The second-order valence-electron chi connectivity index (χ2n) is 5.36. The number of rotatable bonds is 12. The Morgan fingerprint density at radius 2 is 1.24 bits per heavy atom. The molecule has 0 saturated carbocycles. The predicted octanol–water partition coefficient (Wildman–Crippen LogP) is 5.42. The van der Waals surface area contributed by atoms with E-state index in [-0.39, 0.29) is 0 Å². The monoisotopic (exact) mass is 239 g/mol. The van der Waals surface area contributed by atoms with Crippen LogP contribution in [0.2, 0.25) is 0 Å². The Labute approximate surface area is 109 Å². The van der Waals surface area contributed by atoms with E-state index in [0.29, 0.717) is 0 Å². The van der Waals surface area contributed by atoms with E-state index in [4.69, 9.17) is 0 Å². The average molecular weight is 239 g/mol. The minimum Gasteiger partial charge on any atom is -0.391 e. The summed E-state index contributed by atoms with van der Waals surface area (Å²) in [7, 11) is 0. The maximum atomic E-state index is 3.35. The summed E-state index contributed by atoms with van der Waals surface area (Å²) in [6.07, 6.45) is 16.3. The first kappa shape index (κ1) is 16.5. The quantitative estimate of drug-likeness (QED) is 0.448. The van der Waals surface area contributed by atoms with Gasteiger partial charge in [0.1, 0.15) is 0 Å². The van der Waals surface area contributed by atoms with Gasteiger partial charge in [-0.3, -0.25) is 0 Å². The predicted molar refractivity (Wildman–Crippen MR) is 79.3 cm³/mol. The number of hydrogen-bond acceptors (Lipinski definition) is 1. The number of unbranched alkanes of at least 4 members (excludes halogenated alkanes) is 9. The van der Waals surface area contributed by atoms with Crippen molar-refractivity contribution in [3.8, 4) is 0 Å². The molecule has 0 bridgehead atoms. The van der Waals surface area contributed by atoms with E-state index in [1.807, 2.05) is 0 Å². The number of nitrogens with one attached hydrogen (secondary N) is 1. The lowest BCUT2D eigenvalue weighted by molar-refractivity contribution is 0.553. The van der Waals surface area contributed by atoms with Crippen LogP contribution in [-0.4, -0.2) is 6.54 Å². The first-order chi connectivity index (χ1) is 8.27. The van der Waals surface area contributed by atoms with E-state index in [9.17, 15) is 0 Å². The largest absolute Gasteiger partial charge is 0.391 e. The maximum absolute atomic E-state index is 3.35. The third-order valence-corrected chi connectivity index (χ3v) is 3.07. The van der Waals surface area contributed by atoms with Crippen LogP contribution in [0.1, 0.15) is 85.0 Å². The molecule has 0 spiro atoms. The van der Waals surface area contributed by atoms with Crippen molar-refractivity contribution < 1.29 is 0 Å². The molecule has 0 atom stereocenters. The Morgan fingerprint density at radius 3 is 1.71 bits per heavy atom. The van der Waals surface area contributed by atoms with E-state index in [0.717, 1.165) is 6.54 Å². The van der Waals surface area contributed by atoms with E-state index < -0.39 is 0 Å². The summed E-state index contributed by atoms with van der Waals surface area (Å²) in [4.78, 5) is 0. The van der Waals surface area contributed by atoms with Crippen molar-refractivity contribution in [2.45, 2.75) is 85.0 Å². The van der Waals surface area contributed by atoms with Crippen molar-refractivity contribution in [1.29, 1.82) is 0 Å². The Morgan fingerprint density at radius 1 is 0.765 bits per heavy atom. The van der Waals surface area contributed by atoms with E-state index in [1.54, 1.807) is 0 Å². The molecule has 1 N–H and O–H groups in total. The summed E-state index contributed by atoms with van der Waals surface area (Å²) in [6.45, 7) is 7.68. The highest BCUT2D eigenvalue weighted by Gasteiger charge is 1.92. The van der Waals surface area contributed by atoms with Gasteiger partial charge >= 0.3 is 0 Å². The molecule has 0 amide bonds. The molecular weight excluding hydrogens is 206 g/mol. The van der Waals surface area contributed by atoms with Crippen molar-refractivity contribution >= 4 is 0 Å². The summed E-state index contributed by atoms with van der Waals surface area (Å²) >= 11 is 0.